The number of nitrogens with zero attached hydrogens (tertiary/aromatic N) is 3. The third-order valence-corrected chi connectivity index (χ3v) is 4.94. The van der Waals surface area contributed by atoms with Gasteiger partial charge in [-0.3, -0.25) is 14.4 Å². The minimum atomic E-state index is -0.381. The largest absolute Gasteiger partial charge is 0.335 e. The molecule has 7 nitrogen and oxygen atoms in total. The van der Waals surface area contributed by atoms with Gasteiger partial charge in [0.15, 0.2) is 0 Å². The monoisotopic (exact) mass is 386 g/mol. The van der Waals surface area contributed by atoms with E-state index >= 15 is 0 Å². The Hall–Kier alpha value is -3.03. The first kappa shape index (κ1) is 19.7. The van der Waals surface area contributed by atoms with Crippen LogP contribution >= 0.6 is 0 Å². The molecule has 0 unspecified atom stereocenters. The Morgan fingerprint density at radius 2 is 2.00 bits per heavy atom. The normalized spacial score (nSPS) is 17.7. The molecule has 1 N–H and O–H groups in total. The second-order valence-corrected chi connectivity index (χ2v) is 7.26. The third-order valence-electron chi connectivity index (χ3n) is 4.94. The lowest BCUT2D eigenvalue weighted by Crippen LogP contribution is -2.47. The molecule has 0 bridgehead atoms. The van der Waals surface area contributed by atoms with Gasteiger partial charge in [-0.15, -0.1) is 0 Å². The number of benzene rings is 1. The van der Waals surface area contributed by atoms with Gasteiger partial charge in [-0.1, -0.05) is 26.0 Å². The minimum absolute atomic E-state index is 0.0484. The summed E-state index contributed by atoms with van der Waals surface area (Å²) in [6, 6.07) is 5.89. The maximum absolute atomic E-state index is 13.2. The number of hydrogen-bond donors (Lipinski definition) is 1. The molecular formula is C20H23FN4O3. The molecule has 28 heavy (non-hydrogen) atoms. The Labute approximate surface area is 162 Å². The van der Waals surface area contributed by atoms with Crippen molar-refractivity contribution in [1.82, 2.24) is 19.8 Å². The molecule has 0 spiro atoms. The van der Waals surface area contributed by atoms with Gasteiger partial charge < -0.3 is 14.8 Å². The molecule has 1 atom stereocenters. The van der Waals surface area contributed by atoms with Gasteiger partial charge in [-0.05, 0) is 23.6 Å². The maximum atomic E-state index is 13.2. The van der Waals surface area contributed by atoms with Gasteiger partial charge in [0.05, 0.1) is 12.2 Å². The molecule has 2 aromatic rings. The number of nitrogens with one attached hydrogen (secondary N) is 1. The lowest BCUT2D eigenvalue weighted by atomic mass is 10.0. The average molecular weight is 386 g/mol. The number of aromatic amines is 1. The van der Waals surface area contributed by atoms with E-state index < -0.39 is 0 Å². The van der Waals surface area contributed by atoms with Gasteiger partial charge in [0.2, 0.25) is 5.91 Å². The first-order chi connectivity index (χ1) is 13.3. The number of halogens is 1. The number of aromatic nitrogens is 2. The molecule has 2 amide bonds. The highest BCUT2D eigenvalue weighted by Gasteiger charge is 2.34. The molecule has 1 aromatic carbocycles. The van der Waals surface area contributed by atoms with Gasteiger partial charge in [-0.25, -0.2) is 9.37 Å². The highest BCUT2D eigenvalue weighted by atomic mass is 19.1. The van der Waals surface area contributed by atoms with Crippen LogP contribution in [0.15, 0.2) is 41.5 Å². The number of rotatable bonds is 4. The molecule has 1 fully saturated rings. The second kappa shape index (κ2) is 8.33. The van der Waals surface area contributed by atoms with Crippen molar-refractivity contribution in [2.45, 2.75) is 32.9 Å². The third kappa shape index (κ3) is 4.44. The first-order valence-corrected chi connectivity index (χ1v) is 9.23. The van der Waals surface area contributed by atoms with Crippen LogP contribution in [0.1, 0.15) is 36.3 Å². The fourth-order valence-corrected chi connectivity index (χ4v) is 3.34. The van der Waals surface area contributed by atoms with Crippen LogP contribution in [-0.4, -0.2) is 50.7 Å². The number of hydrogen-bond acceptors (Lipinski definition) is 4. The van der Waals surface area contributed by atoms with E-state index in [1.54, 1.807) is 21.9 Å². The summed E-state index contributed by atoms with van der Waals surface area (Å²) < 4.78 is 13.2. The summed E-state index contributed by atoms with van der Waals surface area (Å²) in [7, 11) is 0. The molecule has 2 heterocycles. The Morgan fingerprint density at radius 3 is 2.61 bits per heavy atom. The van der Waals surface area contributed by atoms with Gasteiger partial charge in [0.25, 0.3) is 11.5 Å². The van der Waals surface area contributed by atoms with Crippen LogP contribution in [0.3, 0.4) is 0 Å². The molecule has 1 saturated heterocycles. The van der Waals surface area contributed by atoms with E-state index in [-0.39, 0.29) is 53.8 Å². The summed E-state index contributed by atoms with van der Waals surface area (Å²) in [5.74, 6) is -0.580. The molecule has 0 aliphatic carbocycles. The van der Waals surface area contributed by atoms with Crippen LogP contribution in [0.2, 0.25) is 0 Å². The molecule has 1 aromatic heterocycles. The van der Waals surface area contributed by atoms with Crippen LogP contribution in [0.25, 0.3) is 0 Å². The van der Waals surface area contributed by atoms with Crippen LogP contribution < -0.4 is 5.56 Å². The zero-order valence-electron chi connectivity index (χ0n) is 15.9. The average Bonchev–Trinajstić information content (AvgIpc) is 2.83. The van der Waals surface area contributed by atoms with Crippen LogP contribution in [0.5, 0.6) is 0 Å². The van der Waals surface area contributed by atoms with E-state index in [1.165, 1.54) is 18.3 Å². The van der Waals surface area contributed by atoms with Crippen LogP contribution in [0.4, 0.5) is 4.39 Å². The fraction of sp³-hybridized carbons (Fsp3) is 0.400. The minimum Gasteiger partial charge on any atom is -0.335 e. The van der Waals surface area contributed by atoms with E-state index in [0.29, 0.717) is 13.1 Å². The molecule has 1 aliphatic rings. The van der Waals surface area contributed by atoms with Gasteiger partial charge in [0, 0.05) is 32.3 Å². The highest BCUT2D eigenvalue weighted by molar-refractivity contribution is 5.92. The van der Waals surface area contributed by atoms with Crippen molar-refractivity contribution >= 4 is 11.8 Å². The van der Waals surface area contributed by atoms with Crippen molar-refractivity contribution in [2.75, 3.05) is 13.1 Å². The lowest BCUT2D eigenvalue weighted by molar-refractivity contribution is -0.134. The molecule has 1 aliphatic heterocycles. The predicted molar refractivity (Wildman–Crippen MR) is 101 cm³/mol. The standard InChI is InChI=1S/C20H23FN4O3/c1-13(2)17-12-24(20(28)16-9-23-18(26)10-22-16)8-7-19(27)25(17)11-14-3-5-15(21)6-4-14/h3-6,9-10,13,17H,7-8,11-12H2,1-2H3,(H,23,26)/t17-/m1/s1. The number of amides is 2. The Balaban J connectivity index is 1.82. The van der Waals surface area contributed by atoms with Crippen LogP contribution in [-0.2, 0) is 11.3 Å². The van der Waals surface area contributed by atoms with Gasteiger partial charge >= 0.3 is 0 Å². The SMILES string of the molecule is CC(C)[C@H]1CN(C(=O)c2c[nH]c(=O)cn2)CCC(=O)N1Cc1ccc(F)cc1. The molecule has 3 rings (SSSR count). The molecule has 148 valence electrons. The number of H-pyrrole nitrogens is 1. The Bertz CT molecular complexity index is 890. The molecule has 8 heteroatoms. The maximum Gasteiger partial charge on any atom is 0.274 e. The summed E-state index contributed by atoms with van der Waals surface area (Å²) in [6.07, 6.45) is 2.55. The summed E-state index contributed by atoms with van der Waals surface area (Å²) in [5.41, 5.74) is 0.595. The van der Waals surface area contributed by atoms with Crippen molar-refractivity contribution in [2.24, 2.45) is 5.92 Å². The lowest BCUT2D eigenvalue weighted by Gasteiger charge is -2.34. The summed E-state index contributed by atoms with van der Waals surface area (Å²) >= 11 is 0. The van der Waals surface area contributed by atoms with Crippen LogP contribution in [0, 0.1) is 11.7 Å². The van der Waals surface area contributed by atoms with E-state index in [4.69, 9.17) is 0 Å². The van der Waals surface area contributed by atoms with Gasteiger partial charge in [0.1, 0.15) is 11.5 Å². The summed E-state index contributed by atoms with van der Waals surface area (Å²) in [4.78, 5) is 46.5. The van der Waals surface area contributed by atoms with Crippen molar-refractivity contribution < 1.29 is 14.0 Å². The fourth-order valence-electron chi connectivity index (χ4n) is 3.34. The van der Waals surface area contributed by atoms with E-state index in [1.807, 2.05) is 13.8 Å². The van der Waals surface area contributed by atoms with E-state index in [9.17, 15) is 18.8 Å². The molecular weight excluding hydrogens is 363 g/mol. The quantitative estimate of drug-likeness (QED) is 0.868. The first-order valence-electron chi connectivity index (χ1n) is 9.23. The Kier molecular flexibility index (Phi) is 5.87. The van der Waals surface area contributed by atoms with Crippen molar-refractivity contribution in [1.29, 1.82) is 0 Å². The van der Waals surface area contributed by atoms with Crippen molar-refractivity contribution in [3.63, 3.8) is 0 Å². The summed E-state index contributed by atoms with van der Waals surface area (Å²) in [5, 5.41) is 0. The second-order valence-electron chi connectivity index (χ2n) is 7.26. The number of carbonyl (C=O) groups is 2. The molecule has 0 saturated carbocycles. The van der Waals surface area contributed by atoms with Gasteiger partial charge in [-0.2, -0.15) is 0 Å². The van der Waals surface area contributed by atoms with E-state index in [0.717, 1.165) is 11.8 Å². The van der Waals surface area contributed by atoms with Crippen molar-refractivity contribution in [3.8, 4) is 0 Å². The number of carbonyl (C=O) groups excluding carboxylic acids is 2. The van der Waals surface area contributed by atoms with Crippen molar-refractivity contribution in [3.05, 3.63) is 64.1 Å². The Morgan fingerprint density at radius 1 is 1.29 bits per heavy atom. The zero-order valence-corrected chi connectivity index (χ0v) is 15.9. The predicted octanol–water partition coefficient (Wildman–Crippen LogP) is 1.81. The highest BCUT2D eigenvalue weighted by Crippen LogP contribution is 2.22. The molecule has 0 radical (unpaired) electrons. The smallest absolute Gasteiger partial charge is 0.274 e. The summed E-state index contributed by atoms with van der Waals surface area (Å²) in [6.45, 7) is 5.01. The van der Waals surface area contributed by atoms with E-state index in [2.05, 4.69) is 9.97 Å². The zero-order chi connectivity index (χ0) is 20.3. The topological polar surface area (TPSA) is 86.4 Å².